The van der Waals surface area contributed by atoms with Gasteiger partial charge in [0.1, 0.15) is 0 Å². The number of nitrogens with one attached hydrogen (secondary N) is 1. The Morgan fingerprint density at radius 2 is 2.06 bits per heavy atom. The lowest BCUT2D eigenvalue weighted by atomic mass is 9.95. The summed E-state index contributed by atoms with van der Waals surface area (Å²) in [6.07, 6.45) is 4.05. The van der Waals surface area contributed by atoms with Crippen LogP contribution in [0.5, 0.6) is 0 Å². The number of nitrogen functional groups attached to an aromatic ring is 1. The molecule has 0 aromatic carbocycles. The van der Waals surface area contributed by atoms with E-state index in [1.807, 2.05) is 0 Å². The number of nitrogens with two attached hydrogens (primary N) is 1. The minimum absolute atomic E-state index is 0.0201. The zero-order valence-corrected chi connectivity index (χ0v) is 11.4. The topological polar surface area (TPSA) is 68.0 Å². The van der Waals surface area contributed by atoms with Crippen LogP contribution in [-0.4, -0.2) is 16.9 Å². The summed E-state index contributed by atoms with van der Waals surface area (Å²) in [6.45, 7) is 6.36. The fraction of sp³-hybridized carbons (Fsp3) is 0.571. The average molecular weight is 249 g/mol. The van der Waals surface area contributed by atoms with E-state index in [0.717, 1.165) is 18.5 Å². The smallest absolute Gasteiger partial charge is 0.226 e. The number of pyridine rings is 1. The van der Waals surface area contributed by atoms with E-state index in [4.69, 9.17) is 5.73 Å². The molecule has 0 saturated carbocycles. The molecule has 0 spiro atoms. The van der Waals surface area contributed by atoms with Crippen molar-refractivity contribution in [2.24, 2.45) is 5.92 Å². The first-order valence-corrected chi connectivity index (χ1v) is 6.56. The highest BCUT2D eigenvalue weighted by molar-refractivity contribution is 5.78. The molecule has 4 nitrogen and oxygen atoms in total. The number of rotatable bonds is 6. The molecule has 0 fully saturated rings. The first kappa shape index (κ1) is 14.5. The lowest BCUT2D eigenvalue weighted by Gasteiger charge is -2.22. The number of anilines is 1. The van der Waals surface area contributed by atoms with Gasteiger partial charge in [-0.2, -0.15) is 0 Å². The van der Waals surface area contributed by atoms with Crippen molar-refractivity contribution in [2.75, 3.05) is 5.73 Å². The molecule has 1 heterocycles. The highest BCUT2D eigenvalue weighted by Gasteiger charge is 2.16. The van der Waals surface area contributed by atoms with Gasteiger partial charge >= 0.3 is 0 Å². The number of amides is 1. The molecule has 1 atom stereocenters. The van der Waals surface area contributed by atoms with Gasteiger partial charge in [0, 0.05) is 11.7 Å². The van der Waals surface area contributed by atoms with Crippen molar-refractivity contribution in [3.63, 3.8) is 0 Å². The molecule has 4 heteroatoms. The van der Waals surface area contributed by atoms with E-state index < -0.39 is 0 Å². The van der Waals surface area contributed by atoms with Gasteiger partial charge in [-0.1, -0.05) is 26.7 Å². The Hall–Kier alpha value is -1.58. The third kappa shape index (κ3) is 4.35. The number of carbonyl (C=O) groups excluding carboxylic acids is 1. The summed E-state index contributed by atoms with van der Waals surface area (Å²) in [4.78, 5) is 16.0. The van der Waals surface area contributed by atoms with Crippen LogP contribution in [0.1, 0.15) is 39.3 Å². The second kappa shape index (κ2) is 6.99. The molecule has 1 rings (SSSR count). The molecule has 1 unspecified atom stereocenters. The lowest BCUT2D eigenvalue weighted by Crippen LogP contribution is -2.38. The molecule has 100 valence electrons. The second-order valence-electron chi connectivity index (χ2n) is 4.69. The fourth-order valence-electron chi connectivity index (χ4n) is 2.12. The molecule has 3 N–H and O–H groups in total. The lowest BCUT2D eigenvalue weighted by molar-refractivity contribution is -0.121. The van der Waals surface area contributed by atoms with E-state index in [-0.39, 0.29) is 11.9 Å². The zero-order valence-electron chi connectivity index (χ0n) is 11.4. The highest BCUT2D eigenvalue weighted by Crippen LogP contribution is 2.12. The second-order valence-corrected chi connectivity index (χ2v) is 4.69. The fourth-order valence-corrected chi connectivity index (χ4v) is 2.12. The van der Waals surface area contributed by atoms with Crippen LogP contribution in [0.3, 0.4) is 0 Å². The number of aromatic nitrogens is 1. The van der Waals surface area contributed by atoms with Gasteiger partial charge in [-0.15, -0.1) is 0 Å². The Bertz CT molecular complexity index is 371. The summed E-state index contributed by atoms with van der Waals surface area (Å²) >= 11 is 0. The van der Waals surface area contributed by atoms with Gasteiger partial charge in [-0.3, -0.25) is 9.78 Å². The molecule has 0 aliphatic rings. The normalized spacial score (nSPS) is 12.4. The molecular formula is C14H23N3O. The minimum atomic E-state index is 0.0201. The van der Waals surface area contributed by atoms with Gasteiger partial charge < -0.3 is 11.1 Å². The van der Waals surface area contributed by atoms with E-state index in [0.29, 0.717) is 18.0 Å². The van der Waals surface area contributed by atoms with E-state index >= 15 is 0 Å². The standard InChI is InChI=1S/C14H23N3O/c1-4-11(5-2)10(3)17-14(18)8-13-7-6-12(15)9-16-13/h6-7,9-11H,4-5,8,15H2,1-3H3,(H,17,18). The molecule has 0 saturated heterocycles. The van der Waals surface area contributed by atoms with Gasteiger partial charge in [0.15, 0.2) is 0 Å². The monoisotopic (exact) mass is 249 g/mol. The van der Waals surface area contributed by atoms with Crippen LogP contribution in [-0.2, 0) is 11.2 Å². The van der Waals surface area contributed by atoms with Gasteiger partial charge in [-0.25, -0.2) is 0 Å². The van der Waals surface area contributed by atoms with Crippen LogP contribution in [0.25, 0.3) is 0 Å². The quantitative estimate of drug-likeness (QED) is 0.811. The zero-order chi connectivity index (χ0) is 13.5. The molecule has 1 aromatic rings. The van der Waals surface area contributed by atoms with Crippen LogP contribution in [0.15, 0.2) is 18.3 Å². The van der Waals surface area contributed by atoms with E-state index in [2.05, 4.69) is 31.1 Å². The van der Waals surface area contributed by atoms with Crippen molar-refractivity contribution in [1.29, 1.82) is 0 Å². The predicted molar refractivity (Wildman–Crippen MR) is 74.0 cm³/mol. The van der Waals surface area contributed by atoms with Crippen LogP contribution in [0.2, 0.25) is 0 Å². The Morgan fingerprint density at radius 3 is 2.56 bits per heavy atom. The number of nitrogens with zero attached hydrogens (tertiary/aromatic N) is 1. The van der Waals surface area contributed by atoms with E-state index in [1.165, 1.54) is 0 Å². The Balaban J connectivity index is 2.48. The van der Waals surface area contributed by atoms with Crippen molar-refractivity contribution >= 4 is 11.6 Å². The number of hydrogen-bond acceptors (Lipinski definition) is 3. The largest absolute Gasteiger partial charge is 0.397 e. The molecular weight excluding hydrogens is 226 g/mol. The first-order chi connectivity index (χ1) is 8.56. The van der Waals surface area contributed by atoms with Crippen LogP contribution >= 0.6 is 0 Å². The van der Waals surface area contributed by atoms with Crippen molar-refractivity contribution in [2.45, 2.75) is 46.1 Å². The van der Waals surface area contributed by atoms with Crippen LogP contribution in [0.4, 0.5) is 5.69 Å². The van der Waals surface area contributed by atoms with Crippen LogP contribution in [0, 0.1) is 5.92 Å². The third-order valence-corrected chi connectivity index (χ3v) is 3.33. The molecule has 1 amide bonds. The van der Waals surface area contributed by atoms with Gasteiger partial charge in [0.2, 0.25) is 5.91 Å². The maximum absolute atomic E-state index is 11.9. The molecule has 1 aromatic heterocycles. The summed E-state index contributed by atoms with van der Waals surface area (Å²) in [5, 5.41) is 3.03. The molecule has 0 aliphatic carbocycles. The summed E-state index contributed by atoms with van der Waals surface area (Å²) in [6, 6.07) is 3.76. The Kier molecular flexibility index (Phi) is 5.62. The van der Waals surface area contributed by atoms with Crippen molar-refractivity contribution in [3.8, 4) is 0 Å². The minimum Gasteiger partial charge on any atom is -0.397 e. The summed E-state index contributed by atoms with van der Waals surface area (Å²) < 4.78 is 0. The van der Waals surface area contributed by atoms with Gasteiger partial charge in [0.25, 0.3) is 0 Å². The molecule has 18 heavy (non-hydrogen) atoms. The maximum atomic E-state index is 11.9. The first-order valence-electron chi connectivity index (χ1n) is 6.56. The maximum Gasteiger partial charge on any atom is 0.226 e. The third-order valence-electron chi connectivity index (χ3n) is 3.33. The molecule has 0 radical (unpaired) electrons. The SMILES string of the molecule is CCC(CC)C(C)NC(=O)Cc1ccc(N)cn1. The van der Waals surface area contributed by atoms with Crippen LogP contribution < -0.4 is 11.1 Å². The number of hydrogen-bond donors (Lipinski definition) is 2. The van der Waals surface area contributed by atoms with Gasteiger partial charge in [0.05, 0.1) is 18.3 Å². The molecule has 0 aliphatic heterocycles. The van der Waals surface area contributed by atoms with Gasteiger partial charge in [-0.05, 0) is 25.0 Å². The summed E-state index contributed by atoms with van der Waals surface area (Å²) in [5.41, 5.74) is 6.91. The van der Waals surface area contributed by atoms with Crippen molar-refractivity contribution in [1.82, 2.24) is 10.3 Å². The van der Waals surface area contributed by atoms with E-state index in [9.17, 15) is 4.79 Å². The predicted octanol–water partition coefficient (Wildman–Crippen LogP) is 2.15. The van der Waals surface area contributed by atoms with Crippen molar-refractivity contribution < 1.29 is 4.79 Å². The number of carbonyl (C=O) groups is 1. The summed E-state index contributed by atoms with van der Waals surface area (Å²) in [5.74, 6) is 0.556. The highest BCUT2D eigenvalue weighted by atomic mass is 16.1. The Labute approximate surface area is 109 Å². The average Bonchev–Trinajstić information content (AvgIpc) is 2.33. The summed E-state index contributed by atoms with van der Waals surface area (Å²) in [7, 11) is 0. The Morgan fingerprint density at radius 1 is 1.39 bits per heavy atom. The van der Waals surface area contributed by atoms with Crippen molar-refractivity contribution in [3.05, 3.63) is 24.0 Å². The van der Waals surface area contributed by atoms with E-state index in [1.54, 1.807) is 18.3 Å². The molecule has 0 bridgehead atoms.